The van der Waals surface area contributed by atoms with Crippen LogP contribution in [-0.4, -0.2) is 62.3 Å². The quantitative estimate of drug-likeness (QED) is 0.664. The molecule has 0 aromatic carbocycles. The predicted molar refractivity (Wildman–Crippen MR) is 75.6 cm³/mol. The van der Waals surface area contributed by atoms with Crippen LogP contribution in [0.3, 0.4) is 0 Å². The van der Waals surface area contributed by atoms with E-state index in [0.29, 0.717) is 6.42 Å². The third kappa shape index (κ3) is 10.5. The summed E-state index contributed by atoms with van der Waals surface area (Å²) in [7, 11) is 0. The van der Waals surface area contributed by atoms with Crippen LogP contribution in [0.2, 0.25) is 0 Å². The Morgan fingerprint density at radius 2 is 2.11 bits per heavy atom. The van der Waals surface area contributed by atoms with E-state index < -0.39 is 18.0 Å². The molecule has 0 saturated heterocycles. The number of pyridine rings is 1. The Hall–Kier alpha value is -1.08. The second-order valence-corrected chi connectivity index (χ2v) is 4.26. The van der Waals surface area contributed by atoms with Gasteiger partial charge in [-0.3, -0.25) is 9.78 Å². The number of carbonyl (C=O) groups is 2. The van der Waals surface area contributed by atoms with Crippen molar-refractivity contribution >= 4 is 40.8 Å². The minimum absolute atomic E-state index is 0. The Balaban J connectivity index is 0. The topological polar surface area (TPSA) is 114 Å². The molecule has 1 aromatic heterocycles. The average Bonchev–Trinajstić information content (AvgIpc) is 2.37. The Morgan fingerprint density at radius 1 is 1.47 bits per heavy atom. The number of nitrogens with zero attached hydrogens (tertiary/aromatic N) is 1. The summed E-state index contributed by atoms with van der Waals surface area (Å²) in [5.41, 5.74) is 5.41. The van der Waals surface area contributed by atoms with Crippen LogP contribution in [0.1, 0.15) is 16.8 Å². The number of carboxylic acids is 2. The molecule has 0 aliphatic rings. The van der Waals surface area contributed by atoms with Crippen molar-refractivity contribution in [3.05, 3.63) is 30.1 Å². The van der Waals surface area contributed by atoms with Crippen LogP contribution in [0.4, 0.5) is 0 Å². The molecule has 1 atom stereocenters. The van der Waals surface area contributed by atoms with Gasteiger partial charge < -0.3 is 15.9 Å². The van der Waals surface area contributed by atoms with Gasteiger partial charge in [0, 0.05) is 29.5 Å². The van der Waals surface area contributed by atoms with Crippen LogP contribution in [-0.2, 0) is 4.79 Å². The molecule has 2 radical (unpaired) electrons. The van der Waals surface area contributed by atoms with E-state index in [1.807, 2.05) is 6.26 Å². The Morgan fingerprint density at radius 3 is 2.42 bits per heavy atom. The second-order valence-electron chi connectivity index (χ2n) is 3.27. The third-order valence-corrected chi connectivity index (χ3v) is 2.50. The van der Waals surface area contributed by atoms with Crippen molar-refractivity contribution in [1.29, 1.82) is 0 Å². The summed E-state index contributed by atoms with van der Waals surface area (Å²) in [4.78, 5) is 23.9. The van der Waals surface area contributed by atoms with Gasteiger partial charge in [-0.1, -0.05) is 0 Å². The number of rotatable bonds is 5. The van der Waals surface area contributed by atoms with E-state index >= 15 is 0 Å². The van der Waals surface area contributed by atoms with E-state index in [1.165, 1.54) is 18.5 Å². The summed E-state index contributed by atoms with van der Waals surface area (Å²) >= 11 is 1.60. The molecule has 0 unspecified atom stereocenters. The molecule has 0 aliphatic heterocycles. The molecule has 1 aromatic rings. The standard InChI is InChI=1S/C6H5NO2.C5H11NO2S.Se/c8-6(9)5-2-1-3-7-4-5;1-9-3-2-4(6)5(7)8;/h1-4H,(H,8,9);4H,2-3,6H2,1H3,(H,7,8);/t;4-;/m.0./s1. The summed E-state index contributed by atoms with van der Waals surface area (Å²) in [6.45, 7) is 0. The van der Waals surface area contributed by atoms with Gasteiger partial charge in [0.2, 0.25) is 0 Å². The molecular weight excluding hydrogens is 335 g/mol. The van der Waals surface area contributed by atoms with Gasteiger partial charge in [-0.15, -0.1) is 0 Å². The number of aliphatic carboxylic acids is 1. The zero-order valence-electron chi connectivity index (χ0n) is 10.4. The normalized spacial score (nSPS) is 10.4. The number of aromatic nitrogens is 1. The number of hydrogen-bond acceptors (Lipinski definition) is 5. The first-order valence-corrected chi connectivity index (χ1v) is 6.49. The molecule has 4 N–H and O–H groups in total. The summed E-state index contributed by atoms with van der Waals surface area (Å²) in [5, 5.41) is 16.6. The molecule has 0 bridgehead atoms. The largest absolute Gasteiger partial charge is 0.480 e. The van der Waals surface area contributed by atoms with Gasteiger partial charge >= 0.3 is 11.9 Å². The monoisotopic (exact) mass is 352 g/mol. The molecule has 0 aliphatic carbocycles. The number of carboxylic acid groups (broad SMARTS) is 2. The van der Waals surface area contributed by atoms with E-state index in [-0.39, 0.29) is 22.6 Å². The SMILES string of the molecule is CSCC[C@H](N)C(=O)O.O=C(O)c1cccnc1.[Se]. The van der Waals surface area contributed by atoms with E-state index in [9.17, 15) is 9.59 Å². The van der Waals surface area contributed by atoms with Gasteiger partial charge in [-0.2, -0.15) is 11.8 Å². The van der Waals surface area contributed by atoms with Crippen LogP contribution in [0.15, 0.2) is 24.5 Å². The molecule has 1 rings (SSSR count). The van der Waals surface area contributed by atoms with Crippen LogP contribution < -0.4 is 5.73 Å². The van der Waals surface area contributed by atoms with Crippen molar-refractivity contribution in [1.82, 2.24) is 4.98 Å². The van der Waals surface area contributed by atoms with Gasteiger partial charge in [-0.05, 0) is 30.6 Å². The Bertz CT molecular complexity index is 378. The van der Waals surface area contributed by atoms with Crippen molar-refractivity contribution in [3.8, 4) is 0 Å². The van der Waals surface area contributed by atoms with Crippen LogP contribution >= 0.6 is 11.8 Å². The maximum absolute atomic E-state index is 10.2. The third-order valence-electron chi connectivity index (χ3n) is 1.86. The van der Waals surface area contributed by atoms with Gasteiger partial charge in [0.15, 0.2) is 0 Å². The maximum atomic E-state index is 10.2. The van der Waals surface area contributed by atoms with Gasteiger partial charge in [-0.25, -0.2) is 4.79 Å². The molecule has 0 spiro atoms. The van der Waals surface area contributed by atoms with E-state index in [0.717, 1.165) is 5.75 Å². The van der Waals surface area contributed by atoms with Crippen molar-refractivity contribution < 1.29 is 19.8 Å². The van der Waals surface area contributed by atoms with Crippen molar-refractivity contribution in [2.75, 3.05) is 12.0 Å². The number of nitrogens with two attached hydrogens (primary N) is 1. The van der Waals surface area contributed by atoms with Gasteiger partial charge in [0.05, 0.1) is 5.56 Å². The zero-order chi connectivity index (χ0) is 14.0. The predicted octanol–water partition coefficient (Wildman–Crippen LogP) is 0.550. The van der Waals surface area contributed by atoms with Crippen LogP contribution in [0.5, 0.6) is 0 Å². The minimum Gasteiger partial charge on any atom is -0.480 e. The van der Waals surface area contributed by atoms with E-state index in [1.54, 1.807) is 17.8 Å². The molecule has 6 nitrogen and oxygen atoms in total. The van der Waals surface area contributed by atoms with Crippen molar-refractivity contribution in [2.45, 2.75) is 12.5 Å². The van der Waals surface area contributed by atoms with E-state index in [2.05, 4.69) is 4.98 Å². The summed E-state index contributed by atoms with van der Waals surface area (Å²) < 4.78 is 0. The van der Waals surface area contributed by atoms with Crippen LogP contribution in [0, 0.1) is 0 Å². The molecule has 8 heteroatoms. The van der Waals surface area contributed by atoms with Gasteiger partial charge in [0.25, 0.3) is 0 Å². The first kappa shape index (κ1) is 20.2. The molecule has 106 valence electrons. The number of hydrogen-bond donors (Lipinski definition) is 3. The Kier molecular flexibility index (Phi) is 12.8. The molecule has 1 heterocycles. The minimum atomic E-state index is -0.942. The molecule has 0 saturated carbocycles. The van der Waals surface area contributed by atoms with Crippen molar-refractivity contribution in [2.24, 2.45) is 5.73 Å². The number of thioether (sulfide) groups is 1. The first-order chi connectivity index (χ1) is 8.49. The fourth-order valence-corrected chi connectivity index (χ4v) is 1.35. The summed E-state index contributed by atoms with van der Waals surface area (Å²) in [6.07, 6.45) is 5.32. The smallest absolute Gasteiger partial charge is 0.337 e. The number of aromatic carboxylic acids is 1. The van der Waals surface area contributed by atoms with Crippen molar-refractivity contribution in [3.63, 3.8) is 0 Å². The fraction of sp³-hybridized carbons (Fsp3) is 0.364. The van der Waals surface area contributed by atoms with E-state index in [4.69, 9.17) is 15.9 Å². The fourth-order valence-electron chi connectivity index (χ4n) is 0.858. The molecule has 0 amide bonds. The van der Waals surface area contributed by atoms with Gasteiger partial charge in [0.1, 0.15) is 6.04 Å². The second kappa shape index (κ2) is 12.0. The zero-order valence-corrected chi connectivity index (χ0v) is 12.9. The summed E-state index contributed by atoms with van der Waals surface area (Å²) in [5.74, 6) is -1.04. The maximum Gasteiger partial charge on any atom is 0.337 e. The Labute approximate surface area is 126 Å². The molecule has 0 fully saturated rings. The van der Waals surface area contributed by atoms with Crippen LogP contribution in [0.25, 0.3) is 0 Å². The average molecular weight is 351 g/mol. The first-order valence-electron chi connectivity index (χ1n) is 5.09. The summed E-state index contributed by atoms with van der Waals surface area (Å²) in [6, 6.07) is 2.40. The molecule has 19 heavy (non-hydrogen) atoms. The molecular formula is C11H16N2O4SSe.